The maximum Gasteiger partial charge on any atom is 0.231 e. The number of nitrogens with one attached hydrogen (secondary N) is 1. The third-order valence-corrected chi connectivity index (χ3v) is 2.63. The van der Waals surface area contributed by atoms with Crippen molar-refractivity contribution in [1.82, 2.24) is 5.32 Å². The average molecular weight is 204 g/mol. The van der Waals surface area contributed by atoms with Gasteiger partial charge >= 0.3 is 0 Å². The summed E-state index contributed by atoms with van der Waals surface area (Å²) in [5.74, 6) is 0.467. The third-order valence-electron chi connectivity index (χ3n) is 2.63. The number of carbonyl (C=O) groups is 1. The van der Waals surface area contributed by atoms with E-state index in [1.165, 1.54) is 24.0 Å². The van der Waals surface area contributed by atoms with E-state index >= 15 is 0 Å². The summed E-state index contributed by atoms with van der Waals surface area (Å²) in [6, 6.07) is 8.54. The molecule has 15 heavy (non-hydrogen) atoms. The van der Waals surface area contributed by atoms with Crippen LogP contribution in [0.1, 0.15) is 29.9 Å². The van der Waals surface area contributed by atoms with E-state index in [-0.39, 0.29) is 12.5 Å². The van der Waals surface area contributed by atoms with Gasteiger partial charge in [0.2, 0.25) is 5.91 Å². The average Bonchev–Trinajstić information content (AvgIpc) is 3.01. The van der Waals surface area contributed by atoms with Crippen molar-refractivity contribution in [3.8, 4) is 0 Å². The summed E-state index contributed by atoms with van der Waals surface area (Å²) in [6.07, 6.45) is 2.64. The Hall–Kier alpha value is -1.35. The van der Waals surface area contributed by atoms with Gasteiger partial charge in [-0.2, -0.15) is 0 Å². The van der Waals surface area contributed by atoms with Crippen molar-refractivity contribution in [3.63, 3.8) is 0 Å². The number of benzene rings is 1. The first kappa shape index (κ1) is 10.2. The van der Waals surface area contributed by atoms with Gasteiger partial charge in [0.1, 0.15) is 0 Å². The minimum absolute atomic E-state index is 0.244. The molecule has 0 unspecified atom stereocenters. The fourth-order valence-corrected chi connectivity index (χ4v) is 1.70. The molecular formula is C12H16N2O. The molecule has 3 heteroatoms. The second kappa shape index (κ2) is 4.45. The molecule has 80 valence electrons. The number of nitrogens with two attached hydrogens (primary N) is 1. The monoisotopic (exact) mass is 204 g/mol. The second-order valence-corrected chi connectivity index (χ2v) is 4.09. The van der Waals surface area contributed by atoms with E-state index in [9.17, 15) is 4.79 Å². The summed E-state index contributed by atoms with van der Waals surface area (Å²) in [5.41, 5.74) is 7.69. The molecule has 0 bridgehead atoms. The van der Waals surface area contributed by atoms with Crippen molar-refractivity contribution in [2.24, 2.45) is 5.73 Å². The van der Waals surface area contributed by atoms with E-state index in [1.54, 1.807) is 0 Å². The summed E-state index contributed by atoms with van der Waals surface area (Å²) in [6.45, 7) is 0.956. The van der Waals surface area contributed by atoms with E-state index < -0.39 is 0 Å². The number of hydrogen-bond acceptors (Lipinski definition) is 2. The van der Waals surface area contributed by atoms with Crippen LogP contribution >= 0.6 is 0 Å². The first-order chi connectivity index (χ1) is 7.25. The zero-order chi connectivity index (χ0) is 10.7. The maximum absolute atomic E-state index is 10.5. The first-order valence-corrected chi connectivity index (χ1v) is 5.33. The summed E-state index contributed by atoms with van der Waals surface area (Å²) in [5, 5.41) is 3.01. The van der Waals surface area contributed by atoms with Crippen LogP contribution in [0, 0.1) is 0 Å². The topological polar surface area (TPSA) is 55.1 Å². The molecule has 0 heterocycles. The molecule has 0 radical (unpaired) electrons. The van der Waals surface area contributed by atoms with Crippen LogP contribution in [0.2, 0.25) is 0 Å². The van der Waals surface area contributed by atoms with Crippen molar-refractivity contribution in [2.45, 2.75) is 25.3 Å². The molecule has 1 aromatic carbocycles. The summed E-state index contributed by atoms with van der Waals surface area (Å²) in [4.78, 5) is 10.5. The molecule has 1 fully saturated rings. The van der Waals surface area contributed by atoms with E-state index in [2.05, 4.69) is 29.6 Å². The van der Waals surface area contributed by atoms with Crippen molar-refractivity contribution in [1.29, 1.82) is 0 Å². The van der Waals surface area contributed by atoms with Crippen LogP contribution in [0.4, 0.5) is 0 Å². The molecule has 1 aromatic rings. The number of primary amides is 1. The quantitative estimate of drug-likeness (QED) is 0.755. The van der Waals surface area contributed by atoms with E-state index in [4.69, 9.17) is 5.73 Å². The molecule has 2 rings (SSSR count). The van der Waals surface area contributed by atoms with Gasteiger partial charge in [-0.05, 0) is 29.9 Å². The predicted molar refractivity (Wildman–Crippen MR) is 59.3 cm³/mol. The molecule has 0 aliphatic heterocycles. The molecule has 1 aliphatic carbocycles. The van der Waals surface area contributed by atoms with Crippen LogP contribution in [-0.4, -0.2) is 12.5 Å². The molecule has 0 aromatic heterocycles. The van der Waals surface area contributed by atoms with Crippen LogP contribution < -0.4 is 11.1 Å². The van der Waals surface area contributed by atoms with Crippen LogP contribution in [-0.2, 0) is 11.3 Å². The number of amides is 1. The standard InChI is InChI=1S/C12H16N2O/c13-12(15)8-14-7-9-2-1-3-11(6-9)10-4-5-10/h1-3,6,10,14H,4-5,7-8H2,(H2,13,15). The first-order valence-electron chi connectivity index (χ1n) is 5.33. The van der Waals surface area contributed by atoms with E-state index in [0.29, 0.717) is 6.54 Å². The molecule has 1 saturated carbocycles. The lowest BCUT2D eigenvalue weighted by Gasteiger charge is -2.04. The van der Waals surface area contributed by atoms with Gasteiger partial charge in [0.05, 0.1) is 6.54 Å². The lowest BCUT2D eigenvalue weighted by molar-refractivity contribution is -0.117. The zero-order valence-electron chi connectivity index (χ0n) is 8.70. The Morgan fingerprint density at radius 1 is 1.47 bits per heavy atom. The Morgan fingerprint density at radius 3 is 2.93 bits per heavy atom. The molecule has 3 nitrogen and oxygen atoms in total. The lowest BCUT2D eigenvalue weighted by Crippen LogP contribution is -2.28. The SMILES string of the molecule is NC(=O)CNCc1cccc(C2CC2)c1. The van der Waals surface area contributed by atoms with Crippen molar-refractivity contribution in [3.05, 3.63) is 35.4 Å². The lowest BCUT2D eigenvalue weighted by atomic mass is 10.1. The normalized spacial score (nSPS) is 15.2. The highest BCUT2D eigenvalue weighted by atomic mass is 16.1. The van der Waals surface area contributed by atoms with Crippen LogP contribution in [0.3, 0.4) is 0 Å². The minimum Gasteiger partial charge on any atom is -0.369 e. The number of hydrogen-bond donors (Lipinski definition) is 2. The summed E-state index contributed by atoms with van der Waals surface area (Å²) >= 11 is 0. The summed E-state index contributed by atoms with van der Waals surface area (Å²) in [7, 11) is 0. The van der Waals surface area contributed by atoms with E-state index in [1.807, 2.05) is 0 Å². The second-order valence-electron chi connectivity index (χ2n) is 4.09. The van der Waals surface area contributed by atoms with Gasteiger partial charge in [-0.15, -0.1) is 0 Å². The molecule has 0 spiro atoms. The Balaban J connectivity index is 1.90. The zero-order valence-corrected chi connectivity index (χ0v) is 8.70. The predicted octanol–water partition coefficient (Wildman–Crippen LogP) is 1.14. The Kier molecular flexibility index (Phi) is 3.02. The van der Waals surface area contributed by atoms with Crippen LogP contribution in [0.25, 0.3) is 0 Å². The van der Waals surface area contributed by atoms with Crippen molar-refractivity contribution >= 4 is 5.91 Å². The number of rotatable bonds is 5. The van der Waals surface area contributed by atoms with Gasteiger partial charge in [0.15, 0.2) is 0 Å². The fraction of sp³-hybridized carbons (Fsp3) is 0.417. The van der Waals surface area contributed by atoms with Crippen molar-refractivity contribution in [2.75, 3.05) is 6.54 Å². The Morgan fingerprint density at radius 2 is 2.27 bits per heavy atom. The van der Waals surface area contributed by atoms with Gasteiger partial charge < -0.3 is 11.1 Å². The van der Waals surface area contributed by atoms with Gasteiger partial charge in [-0.3, -0.25) is 4.79 Å². The largest absolute Gasteiger partial charge is 0.369 e. The minimum atomic E-state index is -0.312. The summed E-state index contributed by atoms with van der Waals surface area (Å²) < 4.78 is 0. The van der Waals surface area contributed by atoms with Gasteiger partial charge in [-0.1, -0.05) is 24.3 Å². The highest BCUT2D eigenvalue weighted by Crippen LogP contribution is 2.40. The molecule has 3 N–H and O–H groups in total. The van der Waals surface area contributed by atoms with Crippen LogP contribution in [0.15, 0.2) is 24.3 Å². The van der Waals surface area contributed by atoms with Gasteiger partial charge in [0, 0.05) is 6.54 Å². The van der Waals surface area contributed by atoms with Crippen molar-refractivity contribution < 1.29 is 4.79 Å². The van der Waals surface area contributed by atoms with Crippen LogP contribution in [0.5, 0.6) is 0 Å². The highest BCUT2D eigenvalue weighted by molar-refractivity contribution is 5.75. The van der Waals surface area contributed by atoms with E-state index in [0.717, 1.165) is 5.92 Å². The van der Waals surface area contributed by atoms with Gasteiger partial charge in [0.25, 0.3) is 0 Å². The number of carbonyl (C=O) groups excluding carboxylic acids is 1. The molecular weight excluding hydrogens is 188 g/mol. The molecule has 0 saturated heterocycles. The third kappa shape index (κ3) is 3.06. The molecule has 1 aliphatic rings. The highest BCUT2D eigenvalue weighted by Gasteiger charge is 2.23. The smallest absolute Gasteiger partial charge is 0.231 e. The van der Waals surface area contributed by atoms with Gasteiger partial charge in [-0.25, -0.2) is 0 Å². The molecule has 0 atom stereocenters. The Labute approximate surface area is 89.7 Å². The fourth-order valence-electron chi connectivity index (χ4n) is 1.70. The molecule has 1 amide bonds. The maximum atomic E-state index is 10.5. The Bertz CT molecular complexity index is 358.